The van der Waals surface area contributed by atoms with Crippen LogP contribution in [0.25, 0.3) is 17.0 Å². The molecule has 0 bridgehead atoms. The highest BCUT2D eigenvalue weighted by Crippen LogP contribution is 2.24. The number of nitrogens with two attached hydrogens (primary N) is 1. The third-order valence-electron chi connectivity index (χ3n) is 4.25. The van der Waals surface area contributed by atoms with E-state index in [1.54, 1.807) is 6.08 Å². The summed E-state index contributed by atoms with van der Waals surface area (Å²) in [6, 6.07) is 15.0. The smallest absolute Gasteiger partial charge is 0.266 e. The maximum Gasteiger partial charge on any atom is 0.266 e. The lowest BCUT2D eigenvalue weighted by Gasteiger charge is -2.05. The molecule has 0 spiro atoms. The number of sulfonamides is 1. The second kappa shape index (κ2) is 8.14. The van der Waals surface area contributed by atoms with Gasteiger partial charge in [-0.15, -0.1) is 6.58 Å². The van der Waals surface area contributed by atoms with E-state index in [0.717, 1.165) is 16.5 Å². The maximum absolute atomic E-state index is 12.5. The quantitative estimate of drug-likeness (QED) is 0.372. The number of anilines is 1. The molecule has 0 saturated carbocycles. The molecule has 0 atom stereocenters. The second-order valence-electron chi connectivity index (χ2n) is 6.24. The Hall–Kier alpha value is -3.67. The number of para-hydroxylation sites is 1. The number of hydrogen-bond donors (Lipinski definition) is 2. The van der Waals surface area contributed by atoms with Gasteiger partial charge in [-0.1, -0.05) is 24.3 Å². The van der Waals surface area contributed by atoms with Crippen LogP contribution in [-0.2, 0) is 21.4 Å². The molecule has 0 unspecified atom stereocenters. The molecule has 1 amide bonds. The van der Waals surface area contributed by atoms with E-state index in [1.165, 1.54) is 30.3 Å². The van der Waals surface area contributed by atoms with Gasteiger partial charge in [-0.25, -0.2) is 13.6 Å². The highest BCUT2D eigenvalue weighted by atomic mass is 32.2. The van der Waals surface area contributed by atoms with Gasteiger partial charge >= 0.3 is 0 Å². The first-order valence-electron chi connectivity index (χ1n) is 8.58. The van der Waals surface area contributed by atoms with Crippen molar-refractivity contribution in [2.75, 3.05) is 5.32 Å². The van der Waals surface area contributed by atoms with E-state index in [2.05, 4.69) is 11.9 Å². The van der Waals surface area contributed by atoms with Gasteiger partial charge in [-0.05, 0) is 36.4 Å². The number of allylic oxidation sites excluding steroid dienone is 1. The number of carbonyl (C=O) groups is 1. The van der Waals surface area contributed by atoms with E-state index in [0.29, 0.717) is 12.2 Å². The third-order valence-corrected chi connectivity index (χ3v) is 5.18. The predicted octanol–water partition coefficient (Wildman–Crippen LogP) is 3.02. The van der Waals surface area contributed by atoms with Crippen LogP contribution in [0.15, 0.2) is 77.9 Å². The lowest BCUT2D eigenvalue weighted by Crippen LogP contribution is -2.14. The average molecular weight is 406 g/mol. The van der Waals surface area contributed by atoms with Crippen molar-refractivity contribution in [3.63, 3.8) is 0 Å². The summed E-state index contributed by atoms with van der Waals surface area (Å²) >= 11 is 0. The number of benzene rings is 2. The number of nitrogens with one attached hydrogen (secondary N) is 1. The fourth-order valence-electron chi connectivity index (χ4n) is 2.91. The van der Waals surface area contributed by atoms with Crippen LogP contribution in [0.5, 0.6) is 0 Å². The normalized spacial score (nSPS) is 11.8. The van der Waals surface area contributed by atoms with Crippen LogP contribution in [0.1, 0.15) is 5.56 Å². The number of primary sulfonamides is 1. The van der Waals surface area contributed by atoms with Crippen molar-refractivity contribution >= 4 is 38.6 Å². The molecule has 0 aliphatic heterocycles. The Morgan fingerprint density at radius 3 is 2.52 bits per heavy atom. The molecule has 0 saturated heterocycles. The van der Waals surface area contributed by atoms with E-state index in [9.17, 15) is 18.5 Å². The maximum atomic E-state index is 12.5. The minimum Gasteiger partial charge on any atom is -0.343 e. The topological polar surface area (TPSA) is 118 Å². The van der Waals surface area contributed by atoms with Gasteiger partial charge in [0.25, 0.3) is 5.91 Å². The fourth-order valence-corrected chi connectivity index (χ4v) is 3.43. The molecule has 2 aromatic carbocycles. The molecule has 3 N–H and O–H groups in total. The molecule has 0 aliphatic rings. The minimum absolute atomic E-state index is 0.0680. The Morgan fingerprint density at radius 1 is 1.21 bits per heavy atom. The number of nitriles is 1. The van der Waals surface area contributed by atoms with E-state index in [4.69, 9.17) is 5.14 Å². The lowest BCUT2D eigenvalue weighted by atomic mass is 10.1. The SMILES string of the molecule is C=CCn1cc(C=C(C#N)C(=O)Nc2ccc(S(N)(=O)=O)cc2)c2ccccc21. The second-order valence-corrected chi connectivity index (χ2v) is 7.80. The molecule has 3 aromatic rings. The molecule has 146 valence electrons. The number of aromatic nitrogens is 1. The molecule has 29 heavy (non-hydrogen) atoms. The van der Waals surface area contributed by atoms with Crippen LogP contribution < -0.4 is 10.5 Å². The molecule has 0 aliphatic carbocycles. The summed E-state index contributed by atoms with van der Waals surface area (Å²) in [5, 5.41) is 18.0. The number of hydrogen-bond acceptors (Lipinski definition) is 4. The van der Waals surface area contributed by atoms with Crippen LogP contribution in [0.2, 0.25) is 0 Å². The monoisotopic (exact) mass is 406 g/mol. The average Bonchev–Trinajstić information content (AvgIpc) is 3.03. The summed E-state index contributed by atoms with van der Waals surface area (Å²) in [5.74, 6) is -0.601. The molecule has 3 rings (SSSR count). The van der Waals surface area contributed by atoms with Crippen molar-refractivity contribution in [2.24, 2.45) is 5.14 Å². The van der Waals surface area contributed by atoms with Crippen molar-refractivity contribution in [2.45, 2.75) is 11.4 Å². The van der Waals surface area contributed by atoms with E-state index >= 15 is 0 Å². The number of fused-ring (bicyclic) bond motifs is 1. The van der Waals surface area contributed by atoms with Crippen molar-refractivity contribution in [1.29, 1.82) is 5.26 Å². The van der Waals surface area contributed by atoms with Crippen LogP contribution in [-0.4, -0.2) is 18.9 Å². The van der Waals surface area contributed by atoms with Gasteiger partial charge in [0.15, 0.2) is 0 Å². The Balaban J connectivity index is 1.90. The summed E-state index contributed by atoms with van der Waals surface area (Å²) in [5.41, 5.74) is 1.97. The first-order valence-corrected chi connectivity index (χ1v) is 10.1. The minimum atomic E-state index is -3.82. The van der Waals surface area contributed by atoms with Gasteiger partial charge in [0, 0.05) is 34.9 Å². The van der Waals surface area contributed by atoms with Gasteiger partial charge < -0.3 is 9.88 Å². The van der Waals surface area contributed by atoms with Crippen LogP contribution in [0.4, 0.5) is 5.69 Å². The number of amides is 1. The summed E-state index contributed by atoms with van der Waals surface area (Å²) in [4.78, 5) is 12.5. The molecule has 0 fully saturated rings. The lowest BCUT2D eigenvalue weighted by molar-refractivity contribution is -0.112. The van der Waals surface area contributed by atoms with Crippen molar-refractivity contribution in [3.05, 3.63) is 78.5 Å². The Bertz CT molecular complexity index is 1260. The predicted molar refractivity (Wildman–Crippen MR) is 112 cm³/mol. The Morgan fingerprint density at radius 2 is 1.90 bits per heavy atom. The zero-order chi connectivity index (χ0) is 21.0. The summed E-state index contributed by atoms with van der Waals surface area (Å²) < 4.78 is 24.6. The standard InChI is InChI=1S/C21H18N4O3S/c1-2-11-25-14-16(19-5-3-4-6-20(19)25)12-15(13-22)21(26)24-17-7-9-18(10-8-17)29(23,27)28/h2-10,12,14H,1,11H2,(H,24,26)(H2,23,27,28). The largest absolute Gasteiger partial charge is 0.343 e. The highest BCUT2D eigenvalue weighted by Gasteiger charge is 2.13. The zero-order valence-corrected chi connectivity index (χ0v) is 16.2. The van der Waals surface area contributed by atoms with Gasteiger partial charge in [0.05, 0.1) is 4.90 Å². The van der Waals surface area contributed by atoms with Crippen molar-refractivity contribution in [3.8, 4) is 6.07 Å². The number of nitrogens with zero attached hydrogens (tertiary/aromatic N) is 2. The van der Waals surface area contributed by atoms with Crippen molar-refractivity contribution < 1.29 is 13.2 Å². The van der Waals surface area contributed by atoms with E-state index < -0.39 is 15.9 Å². The third kappa shape index (κ3) is 4.43. The van der Waals surface area contributed by atoms with Crippen molar-refractivity contribution in [1.82, 2.24) is 4.57 Å². The van der Waals surface area contributed by atoms with Gasteiger partial charge in [0.2, 0.25) is 10.0 Å². The summed E-state index contributed by atoms with van der Waals surface area (Å²) in [6.07, 6.45) is 5.15. The van der Waals surface area contributed by atoms with E-state index in [1.807, 2.05) is 41.1 Å². The number of carbonyl (C=O) groups excluding carboxylic acids is 1. The Labute approximate surface area is 168 Å². The summed E-state index contributed by atoms with van der Waals surface area (Å²) in [7, 11) is -3.82. The summed E-state index contributed by atoms with van der Waals surface area (Å²) in [6.45, 7) is 4.34. The molecule has 0 radical (unpaired) electrons. The molecular formula is C21H18N4O3S. The molecule has 8 heteroatoms. The fraction of sp³-hybridized carbons (Fsp3) is 0.0476. The first-order chi connectivity index (χ1) is 13.8. The molecule has 7 nitrogen and oxygen atoms in total. The van der Waals surface area contributed by atoms with E-state index in [-0.39, 0.29) is 10.5 Å². The first kappa shape index (κ1) is 20.1. The van der Waals surface area contributed by atoms with Gasteiger partial charge in [-0.2, -0.15) is 5.26 Å². The van der Waals surface area contributed by atoms with Gasteiger partial charge in [-0.3, -0.25) is 4.79 Å². The molecule has 1 aromatic heterocycles. The van der Waals surface area contributed by atoms with Crippen LogP contribution in [0, 0.1) is 11.3 Å². The van der Waals surface area contributed by atoms with Crippen LogP contribution >= 0.6 is 0 Å². The Kier molecular flexibility index (Phi) is 5.64. The number of rotatable bonds is 6. The zero-order valence-electron chi connectivity index (χ0n) is 15.4. The molecular weight excluding hydrogens is 388 g/mol. The highest BCUT2D eigenvalue weighted by molar-refractivity contribution is 7.89. The molecule has 1 heterocycles. The van der Waals surface area contributed by atoms with Gasteiger partial charge in [0.1, 0.15) is 11.6 Å². The van der Waals surface area contributed by atoms with Crippen LogP contribution in [0.3, 0.4) is 0 Å².